The Kier molecular flexibility index (Phi) is 5.82. The van der Waals surface area contributed by atoms with Crippen LogP contribution in [0.4, 0.5) is 5.95 Å². The summed E-state index contributed by atoms with van der Waals surface area (Å²) in [7, 11) is 1.44. The maximum Gasteiger partial charge on any atom is 0.331 e. The van der Waals surface area contributed by atoms with E-state index in [1.807, 2.05) is 19.1 Å². The first-order valence-corrected chi connectivity index (χ1v) is 8.49. The smallest absolute Gasteiger partial charge is 0.331 e. The molecule has 2 aromatic heterocycles. The fourth-order valence-corrected chi connectivity index (χ4v) is 2.29. The molecule has 3 rings (SSSR count). The predicted molar refractivity (Wildman–Crippen MR) is 99.7 cm³/mol. The maximum atomic E-state index is 12.1. The molecule has 0 fully saturated rings. The van der Waals surface area contributed by atoms with Crippen molar-refractivity contribution in [3.63, 3.8) is 0 Å². The number of methoxy groups -OCH3 is 1. The molecule has 0 unspecified atom stereocenters. The summed E-state index contributed by atoms with van der Waals surface area (Å²) in [6, 6.07) is 10.1. The standard InChI is InChI=1S/C17H17ClN6O3/c1-3-19-15-20-16(26-2)22-17(21-15)27-13-8-9-14(25)24(23-13)10-11-4-6-12(18)7-5-11/h4-9H,3,10H2,1-2H3,(H,19,20,21,22). The zero-order chi connectivity index (χ0) is 19.2. The lowest BCUT2D eigenvalue weighted by Gasteiger charge is -2.09. The van der Waals surface area contributed by atoms with Gasteiger partial charge in [0.15, 0.2) is 0 Å². The third-order valence-electron chi connectivity index (χ3n) is 3.40. The molecule has 0 saturated heterocycles. The van der Waals surface area contributed by atoms with Crippen LogP contribution in [0.15, 0.2) is 41.2 Å². The van der Waals surface area contributed by atoms with Gasteiger partial charge < -0.3 is 14.8 Å². The number of benzene rings is 1. The first-order chi connectivity index (χ1) is 13.1. The molecule has 1 aromatic carbocycles. The Hall–Kier alpha value is -3.20. The number of anilines is 1. The molecule has 0 aliphatic rings. The zero-order valence-corrected chi connectivity index (χ0v) is 15.5. The monoisotopic (exact) mass is 388 g/mol. The van der Waals surface area contributed by atoms with Crippen LogP contribution < -0.4 is 20.3 Å². The van der Waals surface area contributed by atoms with E-state index in [0.29, 0.717) is 17.5 Å². The Bertz CT molecular complexity index is 977. The summed E-state index contributed by atoms with van der Waals surface area (Å²) < 4.78 is 11.9. The van der Waals surface area contributed by atoms with Crippen LogP contribution in [0.5, 0.6) is 17.9 Å². The van der Waals surface area contributed by atoms with Gasteiger partial charge in [0.1, 0.15) is 0 Å². The van der Waals surface area contributed by atoms with Crippen LogP contribution in [0.3, 0.4) is 0 Å². The van der Waals surface area contributed by atoms with Crippen LogP contribution in [-0.2, 0) is 6.54 Å². The number of hydrogen-bond donors (Lipinski definition) is 1. The number of halogens is 1. The molecular formula is C17H17ClN6O3. The van der Waals surface area contributed by atoms with Crippen LogP contribution in [0.1, 0.15) is 12.5 Å². The number of nitrogens with zero attached hydrogens (tertiary/aromatic N) is 5. The quantitative estimate of drug-likeness (QED) is 0.657. The molecule has 0 bridgehead atoms. The van der Waals surface area contributed by atoms with Gasteiger partial charge in [-0.1, -0.05) is 23.7 Å². The molecule has 2 heterocycles. The van der Waals surface area contributed by atoms with E-state index in [1.54, 1.807) is 12.1 Å². The molecule has 0 amide bonds. The number of aromatic nitrogens is 5. The van der Waals surface area contributed by atoms with Gasteiger partial charge in [0.25, 0.3) is 5.56 Å². The molecule has 140 valence electrons. The van der Waals surface area contributed by atoms with E-state index in [1.165, 1.54) is 23.9 Å². The van der Waals surface area contributed by atoms with Crippen molar-refractivity contribution in [1.82, 2.24) is 24.7 Å². The van der Waals surface area contributed by atoms with E-state index in [-0.39, 0.29) is 30.0 Å². The lowest BCUT2D eigenvalue weighted by Crippen LogP contribution is -2.22. The van der Waals surface area contributed by atoms with Crippen molar-refractivity contribution in [2.24, 2.45) is 0 Å². The third-order valence-corrected chi connectivity index (χ3v) is 3.65. The molecule has 10 heteroatoms. The van der Waals surface area contributed by atoms with Gasteiger partial charge in [0.2, 0.25) is 11.8 Å². The van der Waals surface area contributed by atoms with Crippen molar-refractivity contribution in [2.75, 3.05) is 19.0 Å². The van der Waals surface area contributed by atoms with E-state index in [2.05, 4.69) is 25.4 Å². The summed E-state index contributed by atoms with van der Waals surface area (Å²) >= 11 is 5.88. The van der Waals surface area contributed by atoms with Crippen molar-refractivity contribution in [2.45, 2.75) is 13.5 Å². The number of nitrogens with one attached hydrogen (secondary N) is 1. The van der Waals surface area contributed by atoms with Crippen LogP contribution in [0.2, 0.25) is 5.02 Å². The summed E-state index contributed by atoms with van der Waals surface area (Å²) in [6.07, 6.45) is 0. The van der Waals surface area contributed by atoms with Crippen LogP contribution in [0.25, 0.3) is 0 Å². The fourth-order valence-electron chi connectivity index (χ4n) is 2.17. The highest BCUT2D eigenvalue weighted by atomic mass is 35.5. The first-order valence-electron chi connectivity index (χ1n) is 8.12. The average Bonchev–Trinajstić information content (AvgIpc) is 2.66. The van der Waals surface area contributed by atoms with Crippen molar-refractivity contribution in [1.29, 1.82) is 0 Å². The second-order valence-corrected chi connectivity index (χ2v) is 5.79. The minimum absolute atomic E-state index is 0.00184. The van der Waals surface area contributed by atoms with E-state index in [0.717, 1.165) is 5.56 Å². The third kappa shape index (κ3) is 4.91. The molecule has 3 aromatic rings. The lowest BCUT2D eigenvalue weighted by atomic mass is 10.2. The van der Waals surface area contributed by atoms with Crippen molar-refractivity contribution >= 4 is 17.5 Å². The molecular weight excluding hydrogens is 372 g/mol. The lowest BCUT2D eigenvalue weighted by molar-refractivity contribution is 0.353. The zero-order valence-electron chi connectivity index (χ0n) is 14.7. The molecule has 1 N–H and O–H groups in total. The molecule has 0 atom stereocenters. The van der Waals surface area contributed by atoms with Crippen LogP contribution in [0, 0.1) is 0 Å². The molecule has 9 nitrogen and oxygen atoms in total. The Morgan fingerprint density at radius 1 is 1.07 bits per heavy atom. The second-order valence-electron chi connectivity index (χ2n) is 5.35. The maximum absolute atomic E-state index is 12.1. The Balaban J connectivity index is 1.84. The molecule has 0 radical (unpaired) electrons. The molecule has 0 spiro atoms. The summed E-state index contributed by atoms with van der Waals surface area (Å²) in [5.41, 5.74) is 0.612. The van der Waals surface area contributed by atoms with Gasteiger partial charge in [-0.05, 0) is 24.6 Å². The van der Waals surface area contributed by atoms with E-state index >= 15 is 0 Å². The fraction of sp³-hybridized carbons (Fsp3) is 0.235. The summed E-state index contributed by atoms with van der Waals surface area (Å²) in [5, 5.41) is 7.78. The number of hydrogen-bond acceptors (Lipinski definition) is 8. The first kappa shape index (κ1) is 18.6. The van der Waals surface area contributed by atoms with Gasteiger partial charge in [0.05, 0.1) is 13.7 Å². The summed E-state index contributed by atoms with van der Waals surface area (Å²) in [5.74, 6) is 0.480. The number of rotatable bonds is 7. The highest BCUT2D eigenvalue weighted by Gasteiger charge is 2.10. The summed E-state index contributed by atoms with van der Waals surface area (Å²) in [4.78, 5) is 24.3. The Labute approximate surface area is 160 Å². The minimum atomic E-state index is -0.265. The van der Waals surface area contributed by atoms with Crippen molar-refractivity contribution < 1.29 is 9.47 Å². The van der Waals surface area contributed by atoms with Crippen LogP contribution in [-0.4, -0.2) is 38.4 Å². The normalized spacial score (nSPS) is 10.5. The average molecular weight is 389 g/mol. The van der Waals surface area contributed by atoms with Gasteiger partial charge in [-0.2, -0.15) is 9.97 Å². The van der Waals surface area contributed by atoms with Gasteiger partial charge in [-0.15, -0.1) is 10.1 Å². The van der Waals surface area contributed by atoms with Gasteiger partial charge in [0, 0.05) is 23.7 Å². The highest BCUT2D eigenvalue weighted by molar-refractivity contribution is 6.30. The van der Waals surface area contributed by atoms with Crippen molar-refractivity contribution in [3.05, 3.63) is 57.3 Å². The van der Waals surface area contributed by atoms with Gasteiger partial charge >= 0.3 is 12.0 Å². The summed E-state index contributed by atoms with van der Waals surface area (Å²) in [6.45, 7) is 2.80. The number of ether oxygens (including phenoxy) is 2. The molecule has 0 aliphatic carbocycles. The highest BCUT2D eigenvalue weighted by Crippen LogP contribution is 2.18. The van der Waals surface area contributed by atoms with Crippen molar-refractivity contribution in [3.8, 4) is 17.9 Å². The molecule has 27 heavy (non-hydrogen) atoms. The van der Waals surface area contributed by atoms with Gasteiger partial charge in [-0.3, -0.25) is 4.79 Å². The molecule has 0 aliphatic heterocycles. The van der Waals surface area contributed by atoms with E-state index < -0.39 is 0 Å². The van der Waals surface area contributed by atoms with Gasteiger partial charge in [-0.25, -0.2) is 4.68 Å². The Morgan fingerprint density at radius 3 is 2.52 bits per heavy atom. The Morgan fingerprint density at radius 2 is 1.81 bits per heavy atom. The van der Waals surface area contributed by atoms with E-state index in [9.17, 15) is 4.79 Å². The largest absolute Gasteiger partial charge is 0.467 e. The topological polar surface area (TPSA) is 104 Å². The molecule has 0 saturated carbocycles. The van der Waals surface area contributed by atoms with Crippen LogP contribution >= 0.6 is 11.6 Å². The minimum Gasteiger partial charge on any atom is -0.467 e. The van der Waals surface area contributed by atoms with E-state index in [4.69, 9.17) is 21.1 Å². The second kappa shape index (κ2) is 8.45. The predicted octanol–water partition coefficient (Wildman–Crippen LogP) is 2.36. The SMILES string of the molecule is CCNc1nc(OC)nc(Oc2ccc(=O)n(Cc3ccc(Cl)cc3)n2)n1.